The Morgan fingerprint density at radius 1 is 0.778 bits per heavy atom. The number of hydrogen-bond donors (Lipinski definition) is 0. The number of nitrogens with zero attached hydrogens (tertiary/aromatic N) is 3. The van der Waals surface area contributed by atoms with E-state index in [1.54, 1.807) is 0 Å². The molecule has 0 amide bonds. The molecule has 4 rings (SSSR count). The molecular weight excluding hydrogens is 330 g/mol. The molecule has 0 radical (unpaired) electrons. The van der Waals surface area contributed by atoms with Crippen molar-refractivity contribution in [2.75, 3.05) is 0 Å². The van der Waals surface area contributed by atoms with Crippen LogP contribution in [0.15, 0.2) is 91.6 Å². The van der Waals surface area contributed by atoms with Crippen LogP contribution in [0.5, 0.6) is 0 Å². The Kier molecular flexibility index (Phi) is 5.01. The highest BCUT2D eigenvalue weighted by Gasteiger charge is 2.18. The molecule has 3 nitrogen and oxygen atoms in total. The zero-order valence-corrected chi connectivity index (χ0v) is 15.3. The first-order chi connectivity index (χ1) is 13.3. The molecule has 0 atom stereocenters. The minimum atomic E-state index is 0.181. The first kappa shape index (κ1) is 17.1. The number of pyridine rings is 3. The molecule has 0 fully saturated rings. The van der Waals surface area contributed by atoms with Gasteiger partial charge in [0.15, 0.2) is 0 Å². The second kappa shape index (κ2) is 7.92. The number of rotatable bonds is 5. The summed E-state index contributed by atoms with van der Waals surface area (Å²) in [6, 6.07) is 20.9. The molecule has 0 saturated heterocycles. The van der Waals surface area contributed by atoms with E-state index in [-0.39, 0.29) is 5.92 Å². The van der Waals surface area contributed by atoms with Gasteiger partial charge < -0.3 is 0 Å². The predicted octanol–water partition coefficient (Wildman–Crippen LogP) is 5.22. The largest absolute Gasteiger partial charge is 0.264 e. The van der Waals surface area contributed by atoms with Crippen LogP contribution in [0.1, 0.15) is 28.2 Å². The van der Waals surface area contributed by atoms with E-state index in [1.807, 2.05) is 49.2 Å². The van der Waals surface area contributed by atoms with Crippen molar-refractivity contribution >= 4 is 0 Å². The maximum Gasteiger partial charge on any atom is 0.0734 e. The van der Waals surface area contributed by atoms with Gasteiger partial charge in [0.2, 0.25) is 0 Å². The highest BCUT2D eigenvalue weighted by Crippen LogP contribution is 2.31. The molecule has 0 saturated carbocycles. The summed E-state index contributed by atoms with van der Waals surface area (Å²) >= 11 is 0. The van der Waals surface area contributed by atoms with Crippen LogP contribution in [-0.4, -0.2) is 15.0 Å². The Balaban J connectivity index is 1.77. The minimum Gasteiger partial charge on any atom is -0.264 e. The lowest BCUT2D eigenvalue weighted by Gasteiger charge is -2.19. The third-order valence-corrected chi connectivity index (χ3v) is 4.78. The Morgan fingerprint density at radius 2 is 1.48 bits per heavy atom. The van der Waals surface area contributed by atoms with Crippen molar-refractivity contribution in [2.24, 2.45) is 0 Å². The van der Waals surface area contributed by atoms with E-state index in [2.05, 4.69) is 59.4 Å². The fourth-order valence-electron chi connectivity index (χ4n) is 3.47. The van der Waals surface area contributed by atoms with Crippen LogP contribution in [0.2, 0.25) is 0 Å². The smallest absolute Gasteiger partial charge is 0.0734 e. The molecule has 0 unspecified atom stereocenters. The normalized spacial score (nSPS) is 10.9. The van der Waals surface area contributed by atoms with Crippen LogP contribution in [0.25, 0.3) is 11.3 Å². The van der Waals surface area contributed by atoms with E-state index in [0.717, 1.165) is 17.7 Å². The minimum absolute atomic E-state index is 0.181. The van der Waals surface area contributed by atoms with Gasteiger partial charge in [-0.3, -0.25) is 15.0 Å². The summed E-state index contributed by atoms with van der Waals surface area (Å²) in [5.74, 6) is 0.181. The maximum absolute atomic E-state index is 4.70. The molecule has 4 aromatic rings. The van der Waals surface area contributed by atoms with E-state index < -0.39 is 0 Å². The zero-order valence-electron chi connectivity index (χ0n) is 15.3. The van der Waals surface area contributed by atoms with Crippen molar-refractivity contribution in [3.63, 3.8) is 0 Å². The summed E-state index contributed by atoms with van der Waals surface area (Å²) in [6.45, 7) is 2.11. The second-order valence-electron chi connectivity index (χ2n) is 6.71. The van der Waals surface area contributed by atoms with Gasteiger partial charge in [0.05, 0.1) is 5.69 Å². The molecule has 3 heteroatoms. The number of aromatic nitrogens is 3. The molecule has 132 valence electrons. The van der Waals surface area contributed by atoms with E-state index in [1.165, 1.54) is 22.3 Å². The average molecular weight is 351 g/mol. The Bertz CT molecular complexity index is 974. The van der Waals surface area contributed by atoms with Crippen molar-refractivity contribution in [3.8, 4) is 11.3 Å². The Labute approximate surface area is 159 Å². The van der Waals surface area contributed by atoms with Crippen molar-refractivity contribution in [3.05, 3.63) is 114 Å². The Hall–Kier alpha value is -3.33. The standard InChI is InChI=1S/C24H21N3/c1-18-6-2-7-19(14-18)24-20(8-5-13-27-24)15-23(21-9-3-11-25-16-21)22-10-4-12-26-17-22/h2-14,16-17,23H,15H2,1H3. The fraction of sp³-hybridized carbons (Fsp3) is 0.125. The number of benzene rings is 1. The number of hydrogen-bond acceptors (Lipinski definition) is 3. The summed E-state index contributed by atoms with van der Waals surface area (Å²) in [5.41, 5.74) is 7.02. The monoisotopic (exact) mass is 351 g/mol. The van der Waals surface area contributed by atoms with Crippen LogP contribution in [0.4, 0.5) is 0 Å². The van der Waals surface area contributed by atoms with E-state index in [9.17, 15) is 0 Å². The lowest BCUT2D eigenvalue weighted by atomic mass is 9.86. The van der Waals surface area contributed by atoms with Crippen LogP contribution in [-0.2, 0) is 6.42 Å². The van der Waals surface area contributed by atoms with Gasteiger partial charge >= 0.3 is 0 Å². The summed E-state index contributed by atoms with van der Waals surface area (Å²) in [5, 5.41) is 0. The molecule has 0 aliphatic rings. The van der Waals surface area contributed by atoms with Gasteiger partial charge in [-0.05, 0) is 54.3 Å². The molecule has 27 heavy (non-hydrogen) atoms. The van der Waals surface area contributed by atoms with Crippen molar-refractivity contribution in [1.29, 1.82) is 0 Å². The van der Waals surface area contributed by atoms with Gasteiger partial charge in [0, 0.05) is 42.5 Å². The van der Waals surface area contributed by atoms with Crippen molar-refractivity contribution < 1.29 is 0 Å². The molecule has 0 aliphatic heterocycles. The lowest BCUT2D eigenvalue weighted by Crippen LogP contribution is -2.07. The highest BCUT2D eigenvalue weighted by molar-refractivity contribution is 5.64. The molecule has 0 aliphatic carbocycles. The van der Waals surface area contributed by atoms with Crippen molar-refractivity contribution in [2.45, 2.75) is 19.3 Å². The van der Waals surface area contributed by atoms with Gasteiger partial charge in [0.25, 0.3) is 0 Å². The average Bonchev–Trinajstić information content (AvgIpc) is 2.73. The van der Waals surface area contributed by atoms with Gasteiger partial charge in [-0.1, -0.05) is 42.0 Å². The van der Waals surface area contributed by atoms with Gasteiger partial charge in [-0.25, -0.2) is 0 Å². The van der Waals surface area contributed by atoms with Crippen LogP contribution >= 0.6 is 0 Å². The van der Waals surface area contributed by atoms with Gasteiger partial charge in [-0.2, -0.15) is 0 Å². The van der Waals surface area contributed by atoms with Gasteiger partial charge in [0.1, 0.15) is 0 Å². The van der Waals surface area contributed by atoms with Crippen molar-refractivity contribution in [1.82, 2.24) is 15.0 Å². The molecule has 3 heterocycles. The SMILES string of the molecule is Cc1cccc(-c2ncccc2CC(c2cccnc2)c2cccnc2)c1. The summed E-state index contributed by atoms with van der Waals surface area (Å²) < 4.78 is 0. The fourth-order valence-corrected chi connectivity index (χ4v) is 3.47. The first-order valence-electron chi connectivity index (χ1n) is 9.12. The van der Waals surface area contributed by atoms with Gasteiger partial charge in [-0.15, -0.1) is 0 Å². The molecular formula is C24H21N3. The molecule has 1 aromatic carbocycles. The molecule has 3 aromatic heterocycles. The first-order valence-corrected chi connectivity index (χ1v) is 9.12. The summed E-state index contributed by atoms with van der Waals surface area (Å²) in [7, 11) is 0. The summed E-state index contributed by atoms with van der Waals surface area (Å²) in [6.07, 6.45) is 10.2. The van der Waals surface area contributed by atoms with E-state index in [4.69, 9.17) is 4.98 Å². The summed E-state index contributed by atoms with van der Waals surface area (Å²) in [4.78, 5) is 13.4. The van der Waals surface area contributed by atoms with Crippen LogP contribution in [0.3, 0.4) is 0 Å². The Morgan fingerprint density at radius 3 is 2.11 bits per heavy atom. The topological polar surface area (TPSA) is 38.7 Å². The highest BCUT2D eigenvalue weighted by atomic mass is 14.7. The third-order valence-electron chi connectivity index (χ3n) is 4.78. The number of aryl methyl sites for hydroxylation is 1. The van der Waals surface area contributed by atoms with E-state index >= 15 is 0 Å². The zero-order chi connectivity index (χ0) is 18.5. The third kappa shape index (κ3) is 3.93. The molecule has 0 spiro atoms. The van der Waals surface area contributed by atoms with Crippen LogP contribution < -0.4 is 0 Å². The maximum atomic E-state index is 4.70. The molecule has 0 bridgehead atoms. The van der Waals surface area contributed by atoms with E-state index in [0.29, 0.717) is 0 Å². The molecule has 0 N–H and O–H groups in total. The van der Waals surface area contributed by atoms with Crippen LogP contribution in [0, 0.1) is 6.92 Å². The quantitative estimate of drug-likeness (QED) is 0.495. The lowest BCUT2D eigenvalue weighted by molar-refractivity contribution is 0.792. The second-order valence-corrected chi connectivity index (χ2v) is 6.71. The predicted molar refractivity (Wildman–Crippen MR) is 108 cm³/mol.